The summed E-state index contributed by atoms with van der Waals surface area (Å²) in [7, 11) is 0. The predicted octanol–water partition coefficient (Wildman–Crippen LogP) is 1.99. The van der Waals surface area contributed by atoms with Gasteiger partial charge in [0.25, 0.3) is 0 Å². The second-order valence-corrected chi connectivity index (χ2v) is 5.18. The molecule has 3 nitrogen and oxygen atoms in total. The summed E-state index contributed by atoms with van der Waals surface area (Å²) in [5.41, 5.74) is 7.93. The summed E-state index contributed by atoms with van der Waals surface area (Å²) in [4.78, 5) is 2.31. The van der Waals surface area contributed by atoms with E-state index in [4.69, 9.17) is 10.8 Å². The molecule has 0 amide bonds. The van der Waals surface area contributed by atoms with Crippen LogP contribution in [0.15, 0.2) is 22.7 Å². The van der Waals surface area contributed by atoms with Crippen LogP contribution in [0.2, 0.25) is 0 Å². The van der Waals surface area contributed by atoms with Crippen molar-refractivity contribution in [1.29, 1.82) is 0 Å². The molecule has 1 aromatic rings. The molecule has 0 saturated heterocycles. The van der Waals surface area contributed by atoms with Crippen molar-refractivity contribution in [2.45, 2.75) is 25.4 Å². The minimum absolute atomic E-state index is 0.215. The Labute approximate surface area is 104 Å². The van der Waals surface area contributed by atoms with Gasteiger partial charge in [0.15, 0.2) is 0 Å². The number of aliphatic hydroxyl groups is 1. The van der Waals surface area contributed by atoms with Crippen LogP contribution in [0.4, 0.5) is 5.69 Å². The van der Waals surface area contributed by atoms with Gasteiger partial charge >= 0.3 is 0 Å². The van der Waals surface area contributed by atoms with Crippen LogP contribution in [0.1, 0.15) is 18.4 Å². The highest BCUT2D eigenvalue weighted by molar-refractivity contribution is 9.10. The van der Waals surface area contributed by atoms with Crippen molar-refractivity contribution in [2.75, 3.05) is 18.9 Å². The largest absolute Gasteiger partial charge is 0.398 e. The summed E-state index contributed by atoms with van der Waals surface area (Å²) in [5, 5.41) is 9.02. The maximum absolute atomic E-state index is 9.02. The first-order valence-electron chi connectivity index (χ1n) is 5.59. The number of anilines is 1. The second-order valence-electron chi connectivity index (χ2n) is 4.27. The molecule has 0 aliphatic heterocycles. The van der Waals surface area contributed by atoms with E-state index in [9.17, 15) is 0 Å². The number of hydrogen-bond acceptors (Lipinski definition) is 3. The molecular weight excluding hydrogens is 268 g/mol. The lowest BCUT2D eigenvalue weighted by atomic mass is 10.1. The van der Waals surface area contributed by atoms with Gasteiger partial charge in [-0.15, -0.1) is 0 Å². The first-order valence-corrected chi connectivity index (χ1v) is 6.39. The fraction of sp³-hybridized carbons (Fsp3) is 0.500. The number of rotatable bonds is 5. The molecule has 0 radical (unpaired) electrons. The summed E-state index contributed by atoms with van der Waals surface area (Å²) < 4.78 is 1.01. The number of nitrogens with zero attached hydrogens (tertiary/aromatic N) is 1. The molecule has 0 spiro atoms. The average molecular weight is 285 g/mol. The van der Waals surface area contributed by atoms with Gasteiger partial charge in [0.05, 0.1) is 6.61 Å². The highest BCUT2D eigenvalue weighted by atomic mass is 79.9. The van der Waals surface area contributed by atoms with E-state index in [0.29, 0.717) is 6.04 Å². The molecular formula is C12H17BrN2O. The van der Waals surface area contributed by atoms with E-state index in [1.165, 1.54) is 12.8 Å². The van der Waals surface area contributed by atoms with Crippen molar-refractivity contribution >= 4 is 21.6 Å². The number of halogens is 1. The lowest BCUT2D eigenvalue weighted by Crippen LogP contribution is -2.28. The lowest BCUT2D eigenvalue weighted by molar-refractivity contribution is 0.183. The van der Waals surface area contributed by atoms with Gasteiger partial charge in [-0.3, -0.25) is 4.90 Å². The summed E-state index contributed by atoms with van der Waals surface area (Å²) in [6, 6.07) is 6.64. The Morgan fingerprint density at radius 2 is 2.19 bits per heavy atom. The van der Waals surface area contributed by atoms with Crippen molar-refractivity contribution in [1.82, 2.24) is 4.90 Å². The van der Waals surface area contributed by atoms with Crippen LogP contribution in [0.3, 0.4) is 0 Å². The first-order chi connectivity index (χ1) is 7.70. The summed E-state index contributed by atoms with van der Waals surface area (Å²) in [5.74, 6) is 0. The first kappa shape index (κ1) is 11.9. The Morgan fingerprint density at radius 3 is 2.75 bits per heavy atom. The van der Waals surface area contributed by atoms with Crippen LogP contribution in [-0.2, 0) is 6.54 Å². The van der Waals surface area contributed by atoms with E-state index in [0.717, 1.165) is 28.8 Å². The zero-order valence-electron chi connectivity index (χ0n) is 9.19. The third-order valence-corrected chi connectivity index (χ3v) is 3.43. The number of hydrogen-bond donors (Lipinski definition) is 2. The van der Waals surface area contributed by atoms with E-state index in [-0.39, 0.29) is 6.61 Å². The topological polar surface area (TPSA) is 49.5 Å². The third kappa shape index (κ3) is 2.97. The normalized spacial score (nSPS) is 15.7. The van der Waals surface area contributed by atoms with E-state index in [1.807, 2.05) is 18.2 Å². The van der Waals surface area contributed by atoms with Gasteiger partial charge < -0.3 is 10.8 Å². The molecule has 1 aliphatic carbocycles. The van der Waals surface area contributed by atoms with Crippen molar-refractivity contribution in [3.63, 3.8) is 0 Å². The molecule has 1 aromatic carbocycles. The SMILES string of the molecule is Nc1cc(Br)ccc1CN(CCO)C1CC1. The Hall–Kier alpha value is -0.580. The molecule has 0 bridgehead atoms. The molecule has 2 rings (SSSR count). The second kappa shape index (κ2) is 5.17. The van der Waals surface area contributed by atoms with E-state index < -0.39 is 0 Å². The number of aliphatic hydroxyl groups excluding tert-OH is 1. The quantitative estimate of drug-likeness (QED) is 0.813. The zero-order valence-corrected chi connectivity index (χ0v) is 10.8. The average Bonchev–Trinajstić information content (AvgIpc) is 3.04. The van der Waals surface area contributed by atoms with Gasteiger partial charge in [-0.1, -0.05) is 22.0 Å². The molecule has 3 N–H and O–H groups in total. The lowest BCUT2D eigenvalue weighted by Gasteiger charge is -2.21. The molecule has 0 aromatic heterocycles. The van der Waals surface area contributed by atoms with Crippen LogP contribution in [-0.4, -0.2) is 29.2 Å². The van der Waals surface area contributed by atoms with Crippen LogP contribution < -0.4 is 5.73 Å². The van der Waals surface area contributed by atoms with Gasteiger partial charge in [-0.25, -0.2) is 0 Å². The molecule has 4 heteroatoms. The highest BCUT2D eigenvalue weighted by Crippen LogP contribution is 2.29. The minimum atomic E-state index is 0.215. The van der Waals surface area contributed by atoms with Crippen LogP contribution in [0.25, 0.3) is 0 Å². The fourth-order valence-electron chi connectivity index (χ4n) is 1.89. The molecule has 0 atom stereocenters. The Morgan fingerprint density at radius 1 is 1.44 bits per heavy atom. The summed E-state index contributed by atoms with van der Waals surface area (Å²) >= 11 is 3.40. The monoisotopic (exact) mass is 284 g/mol. The van der Waals surface area contributed by atoms with Gasteiger partial charge in [0.1, 0.15) is 0 Å². The molecule has 1 aliphatic rings. The van der Waals surface area contributed by atoms with Gasteiger partial charge in [-0.2, -0.15) is 0 Å². The summed E-state index contributed by atoms with van der Waals surface area (Å²) in [6.45, 7) is 1.79. The summed E-state index contributed by atoms with van der Waals surface area (Å²) in [6.07, 6.45) is 2.49. The molecule has 1 saturated carbocycles. The Balaban J connectivity index is 2.05. The standard InChI is InChI=1S/C12H17BrN2O/c13-10-2-1-9(12(14)7-10)8-15(5-6-16)11-3-4-11/h1-2,7,11,16H,3-6,8,14H2. The van der Waals surface area contributed by atoms with Gasteiger partial charge in [-0.05, 0) is 30.5 Å². The Kier molecular flexibility index (Phi) is 3.84. The van der Waals surface area contributed by atoms with Crippen molar-refractivity contribution in [2.24, 2.45) is 0 Å². The Bertz CT molecular complexity index is 366. The highest BCUT2D eigenvalue weighted by Gasteiger charge is 2.28. The number of benzene rings is 1. The molecule has 88 valence electrons. The van der Waals surface area contributed by atoms with Crippen LogP contribution in [0.5, 0.6) is 0 Å². The molecule has 0 heterocycles. The smallest absolute Gasteiger partial charge is 0.0558 e. The van der Waals surface area contributed by atoms with E-state index in [2.05, 4.69) is 20.8 Å². The number of nitrogens with two attached hydrogens (primary N) is 1. The van der Waals surface area contributed by atoms with E-state index >= 15 is 0 Å². The predicted molar refractivity (Wildman–Crippen MR) is 69.1 cm³/mol. The maximum Gasteiger partial charge on any atom is 0.0558 e. The van der Waals surface area contributed by atoms with Crippen molar-refractivity contribution in [3.05, 3.63) is 28.2 Å². The fourth-order valence-corrected chi connectivity index (χ4v) is 2.27. The van der Waals surface area contributed by atoms with E-state index in [1.54, 1.807) is 0 Å². The molecule has 0 unspecified atom stereocenters. The minimum Gasteiger partial charge on any atom is -0.398 e. The maximum atomic E-state index is 9.02. The molecule has 16 heavy (non-hydrogen) atoms. The van der Waals surface area contributed by atoms with Crippen molar-refractivity contribution < 1.29 is 5.11 Å². The third-order valence-electron chi connectivity index (χ3n) is 2.93. The zero-order chi connectivity index (χ0) is 11.5. The van der Waals surface area contributed by atoms with Gasteiger partial charge in [0.2, 0.25) is 0 Å². The van der Waals surface area contributed by atoms with Crippen LogP contribution in [0, 0.1) is 0 Å². The number of nitrogen functional groups attached to an aromatic ring is 1. The van der Waals surface area contributed by atoms with Crippen molar-refractivity contribution in [3.8, 4) is 0 Å². The van der Waals surface area contributed by atoms with Gasteiger partial charge in [0, 0.05) is 29.3 Å². The molecule has 1 fully saturated rings. The van der Waals surface area contributed by atoms with Crippen LogP contribution >= 0.6 is 15.9 Å².